The van der Waals surface area contributed by atoms with Gasteiger partial charge in [-0.15, -0.1) is 0 Å². The quantitative estimate of drug-likeness (QED) is 0.848. The molecule has 0 heterocycles. The lowest BCUT2D eigenvalue weighted by Crippen LogP contribution is -2.43. The molecule has 126 valence electrons. The van der Waals surface area contributed by atoms with Crippen molar-refractivity contribution in [3.8, 4) is 0 Å². The van der Waals surface area contributed by atoms with E-state index >= 15 is 0 Å². The van der Waals surface area contributed by atoms with Crippen molar-refractivity contribution in [2.75, 3.05) is 13.1 Å². The Morgan fingerprint density at radius 1 is 1.13 bits per heavy atom. The van der Waals surface area contributed by atoms with E-state index < -0.39 is 0 Å². The van der Waals surface area contributed by atoms with E-state index in [1.165, 1.54) is 37.3 Å². The number of carbonyl (C=O) groups is 2. The number of amides is 2. The Hall–Kier alpha value is -1.84. The third-order valence-corrected chi connectivity index (χ3v) is 4.79. The number of nitrogens with one attached hydrogen (secondary N) is 2. The van der Waals surface area contributed by atoms with E-state index in [-0.39, 0.29) is 17.2 Å². The van der Waals surface area contributed by atoms with E-state index in [2.05, 4.69) is 41.8 Å². The highest BCUT2D eigenvalue weighted by molar-refractivity contribution is 5.78. The summed E-state index contributed by atoms with van der Waals surface area (Å²) in [5.41, 5.74) is 2.68. The Morgan fingerprint density at radius 2 is 1.87 bits per heavy atom. The minimum absolute atomic E-state index is 0.0105. The fourth-order valence-electron chi connectivity index (χ4n) is 3.48. The van der Waals surface area contributed by atoms with Crippen molar-refractivity contribution < 1.29 is 9.59 Å². The first-order valence-corrected chi connectivity index (χ1v) is 8.60. The lowest BCUT2D eigenvalue weighted by Gasteiger charge is -2.38. The van der Waals surface area contributed by atoms with Gasteiger partial charge in [0, 0.05) is 31.8 Å². The van der Waals surface area contributed by atoms with Crippen LogP contribution in [0.3, 0.4) is 0 Å². The lowest BCUT2D eigenvalue weighted by molar-refractivity contribution is -0.121. The molecule has 0 unspecified atom stereocenters. The van der Waals surface area contributed by atoms with Crippen LogP contribution in [0.15, 0.2) is 24.3 Å². The molecular weight excluding hydrogens is 288 g/mol. The van der Waals surface area contributed by atoms with Gasteiger partial charge in [0.1, 0.15) is 0 Å². The average molecular weight is 316 g/mol. The molecule has 0 aromatic heterocycles. The molecule has 2 N–H and O–H groups in total. The highest BCUT2D eigenvalue weighted by Crippen LogP contribution is 2.39. The van der Waals surface area contributed by atoms with Crippen molar-refractivity contribution in [2.24, 2.45) is 0 Å². The van der Waals surface area contributed by atoms with Crippen molar-refractivity contribution in [3.05, 3.63) is 35.4 Å². The fourth-order valence-corrected chi connectivity index (χ4v) is 3.48. The van der Waals surface area contributed by atoms with E-state index in [9.17, 15) is 9.59 Å². The Balaban J connectivity index is 1.99. The van der Waals surface area contributed by atoms with E-state index in [1.807, 2.05) is 0 Å². The molecule has 4 nitrogen and oxygen atoms in total. The molecule has 23 heavy (non-hydrogen) atoms. The van der Waals surface area contributed by atoms with Gasteiger partial charge in [0.2, 0.25) is 11.8 Å². The van der Waals surface area contributed by atoms with Crippen LogP contribution in [0.1, 0.15) is 56.6 Å². The van der Waals surface area contributed by atoms with Gasteiger partial charge in [-0.05, 0) is 25.3 Å². The van der Waals surface area contributed by atoms with Gasteiger partial charge in [0.25, 0.3) is 0 Å². The number of rotatable bonds is 6. The predicted molar refractivity (Wildman–Crippen MR) is 92.3 cm³/mol. The zero-order chi connectivity index (χ0) is 16.7. The molecule has 1 fully saturated rings. The topological polar surface area (TPSA) is 58.2 Å². The highest BCUT2D eigenvalue weighted by Gasteiger charge is 2.34. The van der Waals surface area contributed by atoms with Crippen molar-refractivity contribution in [3.63, 3.8) is 0 Å². The zero-order valence-corrected chi connectivity index (χ0v) is 14.3. The summed E-state index contributed by atoms with van der Waals surface area (Å²) in [6.45, 7) is 4.67. The SMILES string of the molecule is CC(=O)NCCC(=O)NCC1(c2cccc(C)c2)CCCCC1. The first-order valence-electron chi connectivity index (χ1n) is 8.60. The molecule has 0 radical (unpaired) electrons. The van der Waals surface area contributed by atoms with Crippen LogP contribution in [0.5, 0.6) is 0 Å². The minimum Gasteiger partial charge on any atom is -0.356 e. The third-order valence-electron chi connectivity index (χ3n) is 4.79. The van der Waals surface area contributed by atoms with Crippen LogP contribution in [0.2, 0.25) is 0 Å². The van der Waals surface area contributed by atoms with Crippen LogP contribution in [0.25, 0.3) is 0 Å². The largest absolute Gasteiger partial charge is 0.356 e. The van der Waals surface area contributed by atoms with Gasteiger partial charge in [-0.25, -0.2) is 0 Å². The summed E-state index contributed by atoms with van der Waals surface area (Å²) in [5.74, 6) is -0.0855. The van der Waals surface area contributed by atoms with Gasteiger partial charge in [-0.2, -0.15) is 0 Å². The summed E-state index contributed by atoms with van der Waals surface area (Å²) in [7, 11) is 0. The predicted octanol–water partition coefficient (Wildman–Crippen LogP) is 2.84. The van der Waals surface area contributed by atoms with Crippen LogP contribution in [0, 0.1) is 6.92 Å². The second-order valence-electron chi connectivity index (χ2n) is 6.72. The molecule has 0 spiro atoms. The summed E-state index contributed by atoms with van der Waals surface area (Å²) in [6, 6.07) is 8.68. The molecule has 1 saturated carbocycles. The molecule has 0 bridgehead atoms. The Labute approximate surface area is 139 Å². The number of hydrogen-bond donors (Lipinski definition) is 2. The second-order valence-corrected chi connectivity index (χ2v) is 6.72. The van der Waals surface area contributed by atoms with Gasteiger partial charge >= 0.3 is 0 Å². The number of benzene rings is 1. The lowest BCUT2D eigenvalue weighted by atomic mass is 9.69. The monoisotopic (exact) mass is 316 g/mol. The van der Waals surface area contributed by atoms with Crippen LogP contribution in [-0.2, 0) is 15.0 Å². The van der Waals surface area contributed by atoms with Gasteiger partial charge in [0.15, 0.2) is 0 Å². The van der Waals surface area contributed by atoms with Crippen LogP contribution < -0.4 is 10.6 Å². The van der Waals surface area contributed by atoms with E-state index in [0.29, 0.717) is 19.5 Å². The van der Waals surface area contributed by atoms with Gasteiger partial charge in [-0.3, -0.25) is 9.59 Å². The van der Waals surface area contributed by atoms with Crippen LogP contribution >= 0.6 is 0 Å². The molecule has 4 heteroatoms. The molecular formula is C19H28N2O2. The molecule has 1 aromatic carbocycles. The number of aryl methyl sites for hydroxylation is 1. The van der Waals surface area contributed by atoms with Crippen molar-refractivity contribution in [1.82, 2.24) is 10.6 Å². The van der Waals surface area contributed by atoms with Crippen molar-refractivity contribution in [2.45, 2.75) is 57.8 Å². The molecule has 0 aliphatic heterocycles. The van der Waals surface area contributed by atoms with E-state index in [0.717, 1.165) is 12.8 Å². The first kappa shape index (κ1) is 17.5. The Kier molecular flexibility index (Phi) is 6.20. The summed E-state index contributed by atoms with van der Waals surface area (Å²) < 4.78 is 0. The maximum atomic E-state index is 12.0. The number of hydrogen-bond acceptors (Lipinski definition) is 2. The smallest absolute Gasteiger partial charge is 0.221 e. The fraction of sp³-hybridized carbons (Fsp3) is 0.579. The van der Waals surface area contributed by atoms with Gasteiger partial charge in [-0.1, -0.05) is 49.1 Å². The van der Waals surface area contributed by atoms with Crippen LogP contribution in [0.4, 0.5) is 0 Å². The van der Waals surface area contributed by atoms with Crippen LogP contribution in [-0.4, -0.2) is 24.9 Å². The molecule has 2 rings (SSSR count). The standard InChI is InChI=1S/C19H28N2O2/c1-15-7-6-8-17(13-15)19(10-4-3-5-11-19)14-21-18(23)9-12-20-16(2)22/h6-8,13H,3-5,9-12,14H2,1-2H3,(H,20,22)(H,21,23). The van der Waals surface area contributed by atoms with E-state index in [4.69, 9.17) is 0 Å². The van der Waals surface area contributed by atoms with Gasteiger partial charge < -0.3 is 10.6 Å². The maximum absolute atomic E-state index is 12.0. The Morgan fingerprint density at radius 3 is 2.52 bits per heavy atom. The zero-order valence-electron chi connectivity index (χ0n) is 14.3. The van der Waals surface area contributed by atoms with Crippen molar-refractivity contribution >= 4 is 11.8 Å². The molecule has 0 saturated heterocycles. The highest BCUT2D eigenvalue weighted by atomic mass is 16.2. The summed E-state index contributed by atoms with van der Waals surface area (Å²) in [4.78, 5) is 22.9. The molecule has 1 aliphatic rings. The average Bonchev–Trinajstić information content (AvgIpc) is 2.53. The summed E-state index contributed by atoms with van der Waals surface area (Å²) >= 11 is 0. The summed E-state index contributed by atoms with van der Waals surface area (Å²) in [5, 5.41) is 5.76. The Bertz CT molecular complexity index is 548. The minimum atomic E-state index is -0.0960. The molecule has 2 amide bonds. The molecule has 1 aromatic rings. The second kappa shape index (κ2) is 8.14. The van der Waals surface area contributed by atoms with Gasteiger partial charge in [0.05, 0.1) is 0 Å². The molecule has 1 aliphatic carbocycles. The summed E-state index contributed by atoms with van der Waals surface area (Å²) in [6.07, 6.45) is 6.31. The molecule has 0 atom stereocenters. The third kappa shape index (κ3) is 5.08. The normalized spacial score (nSPS) is 16.6. The first-order chi connectivity index (χ1) is 11.0. The number of carbonyl (C=O) groups excluding carboxylic acids is 2. The van der Waals surface area contributed by atoms with E-state index in [1.54, 1.807) is 0 Å². The maximum Gasteiger partial charge on any atom is 0.221 e. The van der Waals surface area contributed by atoms with Crippen molar-refractivity contribution in [1.29, 1.82) is 0 Å².